The normalized spacial score (nSPS) is 18.2. The predicted octanol–water partition coefficient (Wildman–Crippen LogP) is 2.32. The molecule has 3 rings (SSSR count). The van der Waals surface area contributed by atoms with E-state index in [0.29, 0.717) is 60.6 Å². The van der Waals surface area contributed by atoms with E-state index in [4.69, 9.17) is 0 Å². The number of rotatable bonds is 7. The molecule has 35 heavy (non-hydrogen) atoms. The second-order valence-electron chi connectivity index (χ2n) is 9.78. The van der Waals surface area contributed by atoms with Crippen molar-refractivity contribution in [1.29, 1.82) is 0 Å². The van der Waals surface area contributed by atoms with Gasteiger partial charge < -0.3 is 10.0 Å². The Labute approximate surface area is 206 Å². The lowest BCUT2D eigenvalue weighted by atomic mass is 9.86. The second-order valence-corrected chi connectivity index (χ2v) is 12.3. The Morgan fingerprint density at radius 3 is 2.37 bits per heavy atom. The number of aliphatic hydroxyl groups is 1. The van der Waals surface area contributed by atoms with Crippen LogP contribution in [0.4, 0.5) is 10.1 Å². The van der Waals surface area contributed by atoms with Crippen LogP contribution in [0.5, 0.6) is 0 Å². The number of hydrogen-bond donors (Lipinski definition) is 1. The van der Waals surface area contributed by atoms with Crippen LogP contribution in [0.15, 0.2) is 42.6 Å². The predicted molar refractivity (Wildman–Crippen MR) is 137 cm³/mol. The monoisotopic (exact) mass is 504 g/mol. The molecule has 1 unspecified atom stereocenters. The summed E-state index contributed by atoms with van der Waals surface area (Å²) >= 11 is 0. The minimum atomic E-state index is -3.84. The van der Waals surface area contributed by atoms with Crippen LogP contribution in [0.25, 0.3) is 11.5 Å². The minimum Gasteiger partial charge on any atom is -0.390 e. The Morgan fingerprint density at radius 1 is 1.23 bits per heavy atom. The zero-order chi connectivity index (χ0) is 26.0. The number of pyridine rings is 1. The van der Waals surface area contributed by atoms with Crippen LogP contribution in [0.2, 0.25) is 0 Å². The summed E-state index contributed by atoms with van der Waals surface area (Å²) in [6.45, 7) is 7.66. The molecular formula is C26H35FN3O4S+. The third kappa shape index (κ3) is 5.63. The summed E-state index contributed by atoms with van der Waals surface area (Å²) in [6.07, 6.45) is 2.07. The number of amides is 1. The highest BCUT2D eigenvalue weighted by molar-refractivity contribution is 7.99. The van der Waals surface area contributed by atoms with Gasteiger partial charge in [0, 0.05) is 37.0 Å². The SMILES string of the molecule is C=c1cccnc1=C(C)S(=O)(=O)[N+](C)(C)c1ccc(C(=O)N2CCC(O)(CCC(C)F)CC2)cc1. The van der Waals surface area contributed by atoms with Gasteiger partial charge in [-0.2, -0.15) is 12.3 Å². The number of likely N-dealkylation sites (tertiary alicyclic amines) is 1. The van der Waals surface area contributed by atoms with Crippen molar-refractivity contribution in [2.24, 2.45) is 0 Å². The zero-order valence-corrected chi connectivity index (χ0v) is 21.7. The van der Waals surface area contributed by atoms with Gasteiger partial charge in [0.15, 0.2) is 0 Å². The molecule has 0 radical (unpaired) electrons. The molecule has 1 atom stereocenters. The number of carbonyl (C=O) groups is 1. The summed E-state index contributed by atoms with van der Waals surface area (Å²) in [5.41, 5.74) is 0.00224. The van der Waals surface area contributed by atoms with Crippen LogP contribution < -0.4 is 14.5 Å². The number of halogens is 1. The molecule has 0 aliphatic carbocycles. The van der Waals surface area contributed by atoms with Crippen LogP contribution in [0.1, 0.15) is 49.9 Å². The summed E-state index contributed by atoms with van der Waals surface area (Å²) in [5, 5.41) is 11.5. The van der Waals surface area contributed by atoms with Crippen molar-refractivity contribution in [2.75, 3.05) is 27.2 Å². The first-order chi connectivity index (χ1) is 16.3. The Kier molecular flexibility index (Phi) is 7.83. The van der Waals surface area contributed by atoms with E-state index in [-0.39, 0.29) is 10.8 Å². The number of hydrogen-bond acceptors (Lipinski definition) is 5. The van der Waals surface area contributed by atoms with E-state index in [1.807, 2.05) is 0 Å². The number of nitrogens with zero attached hydrogens (tertiary/aromatic N) is 3. The summed E-state index contributed by atoms with van der Waals surface area (Å²) in [4.78, 5) is 19.0. The van der Waals surface area contributed by atoms with Gasteiger partial charge in [0.2, 0.25) is 0 Å². The number of carbonyl (C=O) groups excluding carboxylic acids is 1. The molecule has 1 amide bonds. The third-order valence-corrected chi connectivity index (χ3v) is 9.32. The van der Waals surface area contributed by atoms with Crippen molar-refractivity contribution in [3.8, 4) is 0 Å². The zero-order valence-electron chi connectivity index (χ0n) is 20.9. The Morgan fingerprint density at radius 2 is 1.83 bits per heavy atom. The molecule has 1 aliphatic heterocycles. The van der Waals surface area contributed by atoms with Crippen LogP contribution >= 0.6 is 0 Å². The van der Waals surface area contributed by atoms with E-state index in [9.17, 15) is 22.7 Å². The van der Waals surface area contributed by atoms with Gasteiger partial charge in [0.1, 0.15) is 10.6 Å². The van der Waals surface area contributed by atoms with Gasteiger partial charge in [-0.3, -0.25) is 9.78 Å². The van der Waals surface area contributed by atoms with Crippen molar-refractivity contribution in [3.63, 3.8) is 0 Å². The maximum atomic E-state index is 13.5. The average Bonchev–Trinajstić information content (AvgIpc) is 2.83. The van der Waals surface area contributed by atoms with E-state index in [1.54, 1.807) is 55.4 Å². The number of alkyl halides is 1. The van der Waals surface area contributed by atoms with Crippen molar-refractivity contribution < 1.29 is 22.7 Å². The van der Waals surface area contributed by atoms with Gasteiger partial charge >= 0.3 is 10.0 Å². The third-order valence-electron chi connectivity index (χ3n) is 6.94. The molecule has 1 aromatic heterocycles. The highest BCUT2D eigenvalue weighted by Gasteiger charge is 2.38. The molecule has 2 heterocycles. The quantitative estimate of drug-likeness (QED) is 0.585. The minimum absolute atomic E-state index is 0.121. The smallest absolute Gasteiger partial charge is 0.329 e. The van der Waals surface area contributed by atoms with E-state index in [2.05, 4.69) is 11.6 Å². The van der Waals surface area contributed by atoms with Gasteiger partial charge in [-0.25, -0.2) is 4.39 Å². The molecule has 0 spiro atoms. The van der Waals surface area contributed by atoms with Crippen LogP contribution in [-0.2, 0) is 10.0 Å². The topological polar surface area (TPSA) is 87.6 Å². The van der Waals surface area contributed by atoms with Crippen molar-refractivity contribution >= 4 is 33.1 Å². The molecule has 1 saturated heterocycles. The molecule has 1 aromatic carbocycles. The van der Waals surface area contributed by atoms with E-state index in [0.717, 1.165) is 0 Å². The molecule has 190 valence electrons. The number of benzene rings is 1. The molecule has 9 heteroatoms. The molecule has 0 bridgehead atoms. The summed E-state index contributed by atoms with van der Waals surface area (Å²) in [7, 11) is -0.695. The molecule has 0 saturated carbocycles. The number of piperidine rings is 1. The van der Waals surface area contributed by atoms with Gasteiger partial charge in [-0.05, 0) is 62.9 Å². The summed E-state index contributed by atoms with van der Waals surface area (Å²) in [6, 6.07) is 9.96. The van der Waals surface area contributed by atoms with Crippen LogP contribution in [-0.4, -0.2) is 68.3 Å². The van der Waals surface area contributed by atoms with E-state index >= 15 is 0 Å². The fourth-order valence-corrected chi connectivity index (χ4v) is 5.86. The Bertz CT molecular complexity index is 1280. The number of quaternary nitrogens is 1. The van der Waals surface area contributed by atoms with Crippen LogP contribution in [0.3, 0.4) is 0 Å². The van der Waals surface area contributed by atoms with Crippen LogP contribution in [0, 0.1) is 0 Å². The summed E-state index contributed by atoms with van der Waals surface area (Å²) < 4.78 is 39.7. The first kappa shape index (κ1) is 27.0. The van der Waals surface area contributed by atoms with E-state index in [1.165, 1.54) is 20.0 Å². The highest BCUT2D eigenvalue weighted by atomic mass is 32.2. The van der Waals surface area contributed by atoms with Crippen molar-refractivity contribution in [2.45, 2.75) is 51.3 Å². The summed E-state index contributed by atoms with van der Waals surface area (Å²) in [5.74, 6) is -0.177. The lowest BCUT2D eigenvalue weighted by Crippen LogP contribution is -2.48. The second kappa shape index (κ2) is 10.2. The number of sulfonamides is 1. The molecular weight excluding hydrogens is 469 g/mol. The maximum Gasteiger partial charge on any atom is 0.329 e. The van der Waals surface area contributed by atoms with Crippen molar-refractivity contribution in [3.05, 3.63) is 58.7 Å². The van der Waals surface area contributed by atoms with Gasteiger partial charge in [0.25, 0.3) is 5.91 Å². The Hall–Kier alpha value is -2.62. The lowest BCUT2D eigenvalue weighted by molar-refractivity contribution is -0.0275. The molecule has 7 nitrogen and oxygen atoms in total. The van der Waals surface area contributed by atoms with E-state index < -0.39 is 25.7 Å². The van der Waals surface area contributed by atoms with Gasteiger partial charge in [0.05, 0.1) is 31.2 Å². The fraction of sp³-hybridized carbons (Fsp3) is 0.462. The maximum absolute atomic E-state index is 13.5. The first-order valence-electron chi connectivity index (χ1n) is 11.7. The van der Waals surface area contributed by atoms with Gasteiger partial charge in [-0.15, -0.1) is 0 Å². The molecule has 1 N–H and O–H groups in total. The Balaban J connectivity index is 1.77. The average molecular weight is 505 g/mol. The largest absolute Gasteiger partial charge is 0.390 e. The number of aromatic nitrogens is 1. The highest BCUT2D eigenvalue weighted by Crippen LogP contribution is 2.30. The first-order valence-corrected chi connectivity index (χ1v) is 13.2. The van der Waals surface area contributed by atoms with Gasteiger partial charge in [-0.1, -0.05) is 12.6 Å². The molecule has 2 aromatic rings. The molecule has 1 fully saturated rings. The standard InChI is InChI=1S/C26H35FN3O4S/c1-19-7-6-16-28-24(19)21(3)35(33,34)30(4,5)23-10-8-22(9-11-23)25(31)29-17-14-26(32,15-18-29)13-12-20(2)27/h6-11,16,20,32H,1,12-15,17-18H2,2-5H3/q+1. The van der Waals surface area contributed by atoms with Crippen molar-refractivity contribution in [1.82, 2.24) is 13.8 Å². The fourth-order valence-electron chi connectivity index (χ4n) is 4.35. The lowest BCUT2D eigenvalue weighted by Gasteiger charge is -2.38. The molecule has 1 aliphatic rings.